The number of carbonyl (C=O) groups excluding carboxylic acids is 3. The lowest BCUT2D eigenvalue weighted by Crippen LogP contribution is -2.48. The maximum Gasteiger partial charge on any atom is 0.279 e. The molecule has 8 nitrogen and oxygen atoms in total. The number of rotatable bonds is 9. The summed E-state index contributed by atoms with van der Waals surface area (Å²) in [5, 5.41) is 2.74. The molecule has 0 spiro atoms. The van der Waals surface area contributed by atoms with Gasteiger partial charge in [0.25, 0.3) is 5.91 Å². The van der Waals surface area contributed by atoms with Crippen LogP contribution < -0.4 is 25.6 Å². The van der Waals surface area contributed by atoms with E-state index in [0.29, 0.717) is 18.1 Å². The molecule has 2 aromatic carbocycles. The molecule has 3 amide bonds. The zero-order valence-corrected chi connectivity index (χ0v) is 17.3. The SMILES string of the molecule is CCOc1ccc(O[C@@H](C)C(=O)NNC(=O)C[C@H](NC(C)=O)c2ccccc2)cc1. The highest BCUT2D eigenvalue weighted by Crippen LogP contribution is 2.19. The average Bonchev–Trinajstić information content (AvgIpc) is 2.73. The van der Waals surface area contributed by atoms with Gasteiger partial charge >= 0.3 is 0 Å². The van der Waals surface area contributed by atoms with Gasteiger partial charge in [0.1, 0.15) is 11.5 Å². The summed E-state index contributed by atoms with van der Waals surface area (Å²) >= 11 is 0. The van der Waals surface area contributed by atoms with Crippen molar-refractivity contribution in [3.8, 4) is 11.5 Å². The molecule has 0 heterocycles. The van der Waals surface area contributed by atoms with Gasteiger partial charge in [-0.15, -0.1) is 0 Å². The van der Waals surface area contributed by atoms with Gasteiger partial charge in [-0.3, -0.25) is 25.2 Å². The number of amides is 3. The second kappa shape index (κ2) is 11.5. The molecule has 0 bridgehead atoms. The Morgan fingerprint density at radius 2 is 1.57 bits per heavy atom. The van der Waals surface area contributed by atoms with Crippen LogP contribution in [0.25, 0.3) is 0 Å². The molecular formula is C22H27N3O5. The molecule has 0 aliphatic rings. The summed E-state index contributed by atoms with van der Waals surface area (Å²) in [5.41, 5.74) is 5.50. The Bertz CT molecular complexity index is 840. The van der Waals surface area contributed by atoms with Gasteiger partial charge < -0.3 is 14.8 Å². The van der Waals surface area contributed by atoms with Crippen molar-refractivity contribution in [2.75, 3.05) is 6.61 Å². The standard InChI is InChI=1S/C22H27N3O5/c1-4-29-18-10-12-19(13-11-18)30-15(2)22(28)25-24-21(27)14-20(23-16(3)26)17-8-6-5-7-9-17/h5-13,15,20H,4,14H2,1-3H3,(H,23,26)(H,24,27)(H,25,28)/t15-,20-/m0/s1. The molecule has 160 valence electrons. The van der Waals surface area contributed by atoms with E-state index in [-0.39, 0.29) is 12.3 Å². The Morgan fingerprint density at radius 1 is 0.933 bits per heavy atom. The zero-order chi connectivity index (χ0) is 21.9. The summed E-state index contributed by atoms with van der Waals surface area (Å²) < 4.78 is 10.9. The van der Waals surface area contributed by atoms with Crippen molar-refractivity contribution < 1.29 is 23.9 Å². The minimum Gasteiger partial charge on any atom is -0.494 e. The van der Waals surface area contributed by atoms with Crippen LogP contribution in [0.1, 0.15) is 38.8 Å². The monoisotopic (exact) mass is 413 g/mol. The van der Waals surface area contributed by atoms with Crippen molar-refractivity contribution >= 4 is 17.7 Å². The predicted octanol–water partition coefficient (Wildman–Crippen LogP) is 2.27. The van der Waals surface area contributed by atoms with Gasteiger partial charge in [-0.1, -0.05) is 30.3 Å². The Hall–Kier alpha value is -3.55. The fraction of sp³-hybridized carbons (Fsp3) is 0.318. The Labute approximate surface area is 175 Å². The number of nitrogens with one attached hydrogen (secondary N) is 3. The molecule has 8 heteroatoms. The number of ether oxygens (including phenoxy) is 2. The predicted molar refractivity (Wildman–Crippen MR) is 112 cm³/mol. The third kappa shape index (κ3) is 7.46. The third-order valence-electron chi connectivity index (χ3n) is 4.11. The summed E-state index contributed by atoms with van der Waals surface area (Å²) in [6.45, 7) is 5.41. The fourth-order valence-electron chi connectivity index (χ4n) is 2.69. The first-order chi connectivity index (χ1) is 14.4. The summed E-state index contributed by atoms with van der Waals surface area (Å²) in [7, 11) is 0. The molecule has 0 radical (unpaired) electrons. The van der Waals surface area contributed by atoms with Crippen LogP contribution in [-0.4, -0.2) is 30.4 Å². The summed E-state index contributed by atoms with van der Waals surface area (Å²) in [6.07, 6.45) is -0.860. The van der Waals surface area contributed by atoms with Crippen LogP contribution in [0, 0.1) is 0 Å². The van der Waals surface area contributed by atoms with Crippen molar-refractivity contribution in [1.29, 1.82) is 0 Å². The normalized spacial score (nSPS) is 12.2. The number of benzene rings is 2. The molecule has 0 aliphatic carbocycles. The van der Waals surface area contributed by atoms with Gasteiger partial charge in [-0.05, 0) is 43.7 Å². The lowest BCUT2D eigenvalue weighted by atomic mass is 10.0. The van der Waals surface area contributed by atoms with Gasteiger partial charge in [0.05, 0.1) is 19.1 Å². The van der Waals surface area contributed by atoms with E-state index >= 15 is 0 Å². The molecule has 0 aliphatic heterocycles. The zero-order valence-electron chi connectivity index (χ0n) is 17.3. The highest BCUT2D eigenvalue weighted by atomic mass is 16.5. The van der Waals surface area contributed by atoms with Gasteiger partial charge in [-0.2, -0.15) is 0 Å². The minimum absolute atomic E-state index is 0.0298. The van der Waals surface area contributed by atoms with Crippen molar-refractivity contribution in [2.45, 2.75) is 39.3 Å². The smallest absolute Gasteiger partial charge is 0.279 e. The van der Waals surface area contributed by atoms with Crippen molar-refractivity contribution in [2.24, 2.45) is 0 Å². The first kappa shape index (κ1) is 22.7. The van der Waals surface area contributed by atoms with E-state index in [1.54, 1.807) is 31.2 Å². The first-order valence-electron chi connectivity index (χ1n) is 9.69. The van der Waals surface area contributed by atoms with Crippen LogP contribution in [0.3, 0.4) is 0 Å². The van der Waals surface area contributed by atoms with Gasteiger partial charge in [0.15, 0.2) is 6.10 Å². The summed E-state index contributed by atoms with van der Waals surface area (Å²) in [4.78, 5) is 35.9. The molecule has 2 atom stereocenters. The average molecular weight is 413 g/mol. The van der Waals surface area contributed by atoms with Crippen molar-refractivity contribution in [1.82, 2.24) is 16.2 Å². The molecule has 30 heavy (non-hydrogen) atoms. The minimum atomic E-state index is -0.830. The molecule has 3 N–H and O–H groups in total. The topological polar surface area (TPSA) is 106 Å². The molecule has 2 aromatic rings. The maximum absolute atomic E-state index is 12.3. The number of carbonyl (C=O) groups is 3. The van der Waals surface area contributed by atoms with E-state index in [1.165, 1.54) is 6.92 Å². The molecular weight excluding hydrogens is 386 g/mol. The Morgan fingerprint density at radius 3 is 2.17 bits per heavy atom. The lowest BCUT2D eigenvalue weighted by Gasteiger charge is -2.19. The molecule has 2 rings (SSSR count). The first-order valence-corrected chi connectivity index (χ1v) is 9.69. The Kier molecular flexibility index (Phi) is 8.68. The quantitative estimate of drug-likeness (QED) is 0.547. The number of hydrogen-bond donors (Lipinski definition) is 3. The number of hydrogen-bond acceptors (Lipinski definition) is 5. The van der Waals surface area contributed by atoms with Gasteiger partial charge in [0, 0.05) is 6.92 Å². The summed E-state index contributed by atoms with van der Waals surface area (Å²) in [5.74, 6) is 0.00824. The number of hydrazine groups is 1. The van der Waals surface area contributed by atoms with Crippen LogP contribution >= 0.6 is 0 Å². The van der Waals surface area contributed by atoms with E-state index in [0.717, 1.165) is 5.56 Å². The maximum atomic E-state index is 12.3. The molecule has 0 saturated heterocycles. The van der Waals surface area contributed by atoms with E-state index in [2.05, 4.69) is 16.2 Å². The second-order valence-electron chi connectivity index (χ2n) is 6.57. The van der Waals surface area contributed by atoms with Crippen LogP contribution in [0.15, 0.2) is 54.6 Å². The largest absolute Gasteiger partial charge is 0.494 e. The second-order valence-corrected chi connectivity index (χ2v) is 6.57. The van der Waals surface area contributed by atoms with Gasteiger partial charge in [0.2, 0.25) is 11.8 Å². The van der Waals surface area contributed by atoms with E-state index in [4.69, 9.17) is 9.47 Å². The highest BCUT2D eigenvalue weighted by molar-refractivity contribution is 5.85. The van der Waals surface area contributed by atoms with E-state index < -0.39 is 24.0 Å². The van der Waals surface area contributed by atoms with Gasteiger partial charge in [-0.25, -0.2) is 0 Å². The molecule has 0 fully saturated rings. The van der Waals surface area contributed by atoms with Crippen LogP contribution in [0.4, 0.5) is 0 Å². The molecule has 0 saturated carbocycles. The van der Waals surface area contributed by atoms with E-state index in [9.17, 15) is 14.4 Å². The van der Waals surface area contributed by atoms with Crippen LogP contribution in [-0.2, 0) is 14.4 Å². The van der Waals surface area contributed by atoms with Crippen LogP contribution in [0.2, 0.25) is 0 Å². The highest BCUT2D eigenvalue weighted by Gasteiger charge is 2.19. The van der Waals surface area contributed by atoms with Crippen molar-refractivity contribution in [3.63, 3.8) is 0 Å². The summed E-state index contributed by atoms with van der Waals surface area (Å²) in [6, 6.07) is 15.5. The Balaban J connectivity index is 1.84. The lowest BCUT2D eigenvalue weighted by molar-refractivity contribution is -0.133. The molecule has 0 aromatic heterocycles. The van der Waals surface area contributed by atoms with Crippen molar-refractivity contribution in [3.05, 3.63) is 60.2 Å². The molecule has 0 unspecified atom stereocenters. The van der Waals surface area contributed by atoms with Crippen LogP contribution in [0.5, 0.6) is 11.5 Å². The fourth-order valence-corrected chi connectivity index (χ4v) is 2.69. The third-order valence-corrected chi connectivity index (χ3v) is 4.11. The van der Waals surface area contributed by atoms with E-state index in [1.807, 2.05) is 37.3 Å².